The fraction of sp³-hybridized carbons (Fsp3) is 0.391. The molecule has 1 fully saturated rings. The highest BCUT2D eigenvalue weighted by atomic mass is 16.3. The molecule has 1 atom stereocenters. The topological polar surface area (TPSA) is 69.6 Å². The van der Waals surface area contributed by atoms with Crippen molar-refractivity contribution in [3.05, 3.63) is 59.7 Å². The van der Waals surface area contributed by atoms with Crippen LogP contribution in [0.1, 0.15) is 42.7 Å². The van der Waals surface area contributed by atoms with Crippen molar-refractivity contribution in [1.29, 1.82) is 0 Å². The number of hydrogen-bond acceptors (Lipinski definition) is 3. The number of benzene rings is 2. The van der Waals surface area contributed by atoms with Crippen LogP contribution in [0.5, 0.6) is 0 Å². The Bertz CT molecular complexity index is 826. The van der Waals surface area contributed by atoms with Crippen LogP contribution in [0, 0.1) is 0 Å². The van der Waals surface area contributed by atoms with Gasteiger partial charge in [0, 0.05) is 13.1 Å². The van der Waals surface area contributed by atoms with Crippen LogP contribution in [-0.4, -0.2) is 47.6 Å². The van der Waals surface area contributed by atoms with Crippen molar-refractivity contribution in [2.75, 3.05) is 19.7 Å². The van der Waals surface area contributed by atoms with Gasteiger partial charge >= 0.3 is 0 Å². The maximum atomic E-state index is 13.2. The Morgan fingerprint density at radius 2 is 1.46 bits per heavy atom. The summed E-state index contributed by atoms with van der Waals surface area (Å²) < 4.78 is 0. The molecule has 0 bridgehead atoms. The van der Waals surface area contributed by atoms with Crippen LogP contribution in [-0.2, 0) is 9.59 Å². The first-order valence-electron chi connectivity index (χ1n) is 10.1. The third-order valence-electron chi connectivity index (χ3n) is 5.81. The summed E-state index contributed by atoms with van der Waals surface area (Å²) in [7, 11) is 0. The van der Waals surface area contributed by atoms with Gasteiger partial charge in [-0.3, -0.25) is 9.59 Å². The Morgan fingerprint density at radius 3 is 2.00 bits per heavy atom. The number of fused-ring (bicyclic) bond motifs is 3. The van der Waals surface area contributed by atoms with Crippen LogP contribution < -0.4 is 5.32 Å². The van der Waals surface area contributed by atoms with Gasteiger partial charge in [0.1, 0.15) is 6.04 Å². The summed E-state index contributed by atoms with van der Waals surface area (Å²) in [4.78, 5) is 27.9. The highest BCUT2D eigenvalue weighted by molar-refractivity contribution is 5.98. The van der Waals surface area contributed by atoms with Crippen molar-refractivity contribution in [1.82, 2.24) is 10.2 Å². The first-order chi connectivity index (χ1) is 13.7. The summed E-state index contributed by atoms with van der Waals surface area (Å²) in [5, 5.41) is 12.6. The molecule has 2 N–H and O–H groups in total. The molecule has 2 aromatic carbocycles. The molecule has 2 aliphatic rings. The van der Waals surface area contributed by atoms with Crippen molar-refractivity contribution in [2.45, 2.75) is 37.6 Å². The highest BCUT2D eigenvalue weighted by Crippen LogP contribution is 2.44. The molecule has 1 aliphatic carbocycles. The number of carbonyl (C=O) groups excluding carboxylic acids is 2. The van der Waals surface area contributed by atoms with Gasteiger partial charge in [0.05, 0.1) is 12.5 Å². The average Bonchev–Trinajstić information content (AvgIpc) is 2.86. The SMILES string of the molecule is O=C(N[C@@H](CO)C(=O)N1CCCCCC1)C1c2ccccc2-c2ccccc21. The lowest BCUT2D eigenvalue weighted by atomic mass is 9.95. The molecule has 1 heterocycles. The van der Waals surface area contributed by atoms with E-state index in [9.17, 15) is 14.7 Å². The second-order valence-electron chi connectivity index (χ2n) is 7.59. The second kappa shape index (κ2) is 8.15. The van der Waals surface area contributed by atoms with Crippen molar-refractivity contribution >= 4 is 11.8 Å². The molecule has 2 amide bonds. The van der Waals surface area contributed by atoms with Crippen molar-refractivity contribution in [3.63, 3.8) is 0 Å². The normalized spacial score (nSPS) is 17.4. The number of rotatable bonds is 4. The van der Waals surface area contributed by atoms with E-state index in [1.54, 1.807) is 4.90 Å². The number of aliphatic hydroxyl groups is 1. The third-order valence-corrected chi connectivity index (χ3v) is 5.81. The standard InChI is InChI=1S/C23H26N2O3/c26-15-20(23(28)25-13-7-1-2-8-14-25)24-22(27)21-18-11-5-3-9-16(18)17-10-4-6-12-19(17)21/h3-6,9-12,20-21,26H,1-2,7-8,13-15H2,(H,24,27)/t20-/m0/s1. The summed E-state index contributed by atoms with van der Waals surface area (Å²) >= 11 is 0. The van der Waals surface area contributed by atoms with E-state index >= 15 is 0 Å². The van der Waals surface area contributed by atoms with Crippen LogP contribution in [0.15, 0.2) is 48.5 Å². The van der Waals surface area contributed by atoms with Gasteiger partial charge in [-0.25, -0.2) is 0 Å². The number of nitrogens with one attached hydrogen (secondary N) is 1. The predicted molar refractivity (Wildman–Crippen MR) is 108 cm³/mol. The quantitative estimate of drug-likeness (QED) is 0.859. The zero-order valence-corrected chi connectivity index (χ0v) is 15.9. The van der Waals surface area contributed by atoms with Crippen LogP contribution in [0.3, 0.4) is 0 Å². The zero-order valence-electron chi connectivity index (χ0n) is 15.9. The molecule has 0 radical (unpaired) electrons. The Labute approximate surface area is 165 Å². The smallest absolute Gasteiger partial charge is 0.247 e. The molecule has 146 valence electrons. The van der Waals surface area contributed by atoms with Gasteiger partial charge in [0.25, 0.3) is 0 Å². The molecule has 0 spiro atoms. The van der Waals surface area contributed by atoms with Crippen molar-refractivity contribution in [3.8, 4) is 11.1 Å². The fourth-order valence-corrected chi connectivity index (χ4v) is 4.39. The minimum absolute atomic E-state index is 0.183. The second-order valence-corrected chi connectivity index (χ2v) is 7.59. The predicted octanol–water partition coefficient (Wildman–Crippen LogP) is 2.68. The molecular weight excluding hydrogens is 352 g/mol. The minimum atomic E-state index is -0.898. The van der Waals surface area contributed by atoms with Gasteiger partial charge < -0.3 is 15.3 Å². The number of aliphatic hydroxyl groups excluding tert-OH is 1. The van der Waals surface area contributed by atoms with E-state index in [-0.39, 0.29) is 11.8 Å². The number of carbonyl (C=O) groups is 2. The molecule has 5 nitrogen and oxygen atoms in total. The van der Waals surface area contributed by atoms with Crippen LogP contribution >= 0.6 is 0 Å². The maximum absolute atomic E-state index is 13.2. The van der Waals surface area contributed by atoms with E-state index in [2.05, 4.69) is 5.32 Å². The Morgan fingerprint density at radius 1 is 0.929 bits per heavy atom. The fourth-order valence-electron chi connectivity index (χ4n) is 4.39. The number of hydrogen-bond donors (Lipinski definition) is 2. The number of likely N-dealkylation sites (tertiary alicyclic amines) is 1. The van der Waals surface area contributed by atoms with Gasteiger partial charge in [0.15, 0.2) is 0 Å². The molecule has 0 saturated carbocycles. The summed E-state index contributed by atoms with van der Waals surface area (Å²) in [5.41, 5.74) is 4.00. The monoisotopic (exact) mass is 378 g/mol. The largest absolute Gasteiger partial charge is 0.394 e. The van der Waals surface area contributed by atoms with E-state index in [0.717, 1.165) is 47.9 Å². The van der Waals surface area contributed by atoms with Gasteiger partial charge in [-0.15, -0.1) is 0 Å². The molecule has 0 aromatic heterocycles. The van der Waals surface area contributed by atoms with Gasteiger partial charge in [-0.1, -0.05) is 61.4 Å². The molecule has 4 rings (SSSR count). The summed E-state index contributed by atoms with van der Waals surface area (Å²) in [5.74, 6) is -0.879. The van der Waals surface area contributed by atoms with Crippen molar-refractivity contribution in [2.24, 2.45) is 0 Å². The van der Waals surface area contributed by atoms with E-state index in [4.69, 9.17) is 0 Å². The molecule has 0 unspecified atom stereocenters. The lowest BCUT2D eigenvalue weighted by Gasteiger charge is -2.26. The minimum Gasteiger partial charge on any atom is -0.394 e. The lowest BCUT2D eigenvalue weighted by molar-refractivity contribution is -0.137. The van der Waals surface area contributed by atoms with Crippen LogP contribution in [0.25, 0.3) is 11.1 Å². The molecule has 28 heavy (non-hydrogen) atoms. The summed E-state index contributed by atoms with van der Waals surface area (Å²) in [6.45, 7) is 0.998. The van der Waals surface area contributed by atoms with Gasteiger partial charge in [-0.05, 0) is 35.1 Å². The average molecular weight is 378 g/mol. The molecular formula is C23H26N2O3. The lowest BCUT2D eigenvalue weighted by Crippen LogP contribution is -2.51. The molecule has 1 aliphatic heterocycles. The van der Waals surface area contributed by atoms with Gasteiger partial charge in [0.2, 0.25) is 11.8 Å². The van der Waals surface area contributed by atoms with Crippen LogP contribution in [0.4, 0.5) is 0 Å². The van der Waals surface area contributed by atoms with E-state index in [1.807, 2.05) is 48.5 Å². The van der Waals surface area contributed by atoms with Gasteiger partial charge in [-0.2, -0.15) is 0 Å². The Hall–Kier alpha value is -2.66. The van der Waals surface area contributed by atoms with Crippen molar-refractivity contribution < 1.29 is 14.7 Å². The Kier molecular flexibility index (Phi) is 5.44. The number of nitrogens with zero attached hydrogens (tertiary/aromatic N) is 1. The first-order valence-corrected chi connectivity index (χ1v) is 10.1. The van der Waals surface area contributed by atoms with E-state index in [0.29, 0.717) is 13.1 Å². The zero-order chi connectivity index (χ0) is 19.5. The summed E-state index contributed by atoms with van der Waals surface area (Å²) in [6, 6.07) is 14.9. The molecule has 1 saturated heterocycles. The maximum Gasteiger partial charge on any atom is 0.247 e. The van der Waals surface area contributed by atoms with Crippen LogP contribution in [0.2, 0.25) is 0 Å². The highest BCUT2D eigenvalue weighted by Gasteiger charge is 2.35. The number of amides is 2. The third kappa shape index (κ3) is 3.42. The van der Waals surface area contributed by atoms with E-state index in [1.165, 1.54) is 0 Å². The van der Waals surface area contributed by atoms with E-state index < -0.39 is 18.6 Å². The molecule has 2 aromatic rings. The Balaban J connectivity index is 1.56. The first kappa shape index (κ1) is 18.7. The molecule has 5 heteroatoms. The summed E-state index contributed by atoms with van der Waals surface area (Å²) in [6.07, 6.45) is 4.19.